The fourth-order valence-corrected chi connectivity index (χ4v) is 5.63. The molecule has 2 rings (SSSR count). The molecule has 1 fully saturated rings. The van der Waals surface area contributed by atoms with Crippen molar-refractivity contribution < 1.29 is 18.3 Å². The SMILES string of the molecule is CC1CCCC(S(=O)(=O)c2cc(Cl)cc(C(=O)O)c2Cl)C1. The summed E-state index contributed by atoms with van der Waals surface area (Å²) in [7, 11) is -3.68. The van der Waals surface area contributed by atoms with E-state index in [2.05, 4.69) is 0 Å². The van der Waals surface area contributed by atoms with Gasteiger partial charge in [0.1, 0.15) is 0 Å². The van der Waals surface area contributed by atoms with Crippen LogP contribution < -0.4 is 0 Å². The number of aromatic carboxylic acids is 1. The molecule has 0 bridgehead atoms. The van der Waals surface area contributed by atoms with Gasteiger partial charge in [-0.15, -0.1) is 0 Å². The van der Waals surface area contributed by atoms with Crippen LogP contribution in [0.25, 0.3) is 0 Å². The summed E-state index contributed by atoms with van der Waals surface area (Å²) in [6.07, 6.45) is 2.98. The van der Waals surface area contributed by atoms with Gasteiger partial charge < -0.3 is 5.11 Å². The minimum absolute atomic E-state index is 0.0548. The van der Waals surface area contributed by atoms with Gasteiger partial charge in [-0.05, 0) is 30.9 Å². The summed E-state index contributed by atoms with van der Waals surface area (Å²) in [5.41, 5.74) is -0.286. The third-order valence-electron chi connectivity index (χ3n) is 3.87. The summed E-state index contributed by atoms with van der Waals surface area (Å²) in [6, 6.07) is 2.40. The molecule has 1 aliphatic rings. The molecule has 0 heterocycles. The number of benzene rings is 1. The lowest BCUT2D eigenvalue weighted by Gasteiger charge is -2.27. The van der Waals surface area contributed by atoms with E-state index in [9.17, 15) is 13.2 Å². The number of carbonyl (C=O) groups is 1. The van der Waals surface area contributed by atoms with Gasteiger partial charge in [-0.3, -0.25) is 0 Å². The number of hydrogen-bond acceptors (Lipinski definition) is 3. The highest BCUT2D eigenvalue weighted by Crippen LogP contribution is 2.37. The maximum Gasteiger partial charge on any atom is 0.337 e. The van der Waals surface area contributed by atoms with Gasteiger partial charge in [0.15, 0.2) is 9.84 Å². The lowest BCUT2D eigenvalue weighted by atomic mass is 9.91. The van der Waals surface area contributed by atoms with Crippen molar-refractivity contribution >= 4 is 39.0 Å². The molecule has 2 atom stereocenters. The second-order valence-corrected chi connectivity index (χ2v) is 8.52. The molecule has 0 radical (unpaired) electrons. The zero-order valence-corrected chi connectivity index (χ0v) is 13.8. The first kappa shape index (κ1) is 16.6. The molecular formula is C14H16Cl2O4S. The largest absolute Gasteiger partial charge is 0.478 e. The average Bonchev–Trinajstić information content (AvgIpc) is 2.40. The Morgan fingerprint density at radius 1 is 1.29 bits per heavy atom. The number of carboxylic acids is 1. The summed E-state index contributed by atoms with van der Waals surface area (Å²) in [5, 5.41) is 8.36. The molecule has 0 aliphatic heterocycles. The molecule has 0 spiro atoms. The number of rotatable bonds is 3. The fraction of sp³-hybridized carbons (Fsp3) is 0.500. The van der Waals surface area contributed by atoms with Gasteiger partial charge in [-0.25, -0.2) is 13.2 Å². The molecule has 0 saturated heterocycles. The molecule has 1 saturated carbocycles. The second-order valence-electron chi connectivity index (χ2n) is 5.51. The molecule has 1 aliphatic carbocycles. The van der Waals surface area contributed by atoms with Crippen LogP contribution in [0.5, 0.6) is 0 Å². The van der Waals surface area contributed by atoms with E-state index in [-0.39, 0.29) is 20.5 Å². The van der Waals surface area contributed by atoms with Crippen molar-refractivity contribution in [1.29, 1.82) is 0 Å². The van der Waals surface area contributed by atoms with Crippen molar-refractivity contribution in [1.82, 2.24) is 0 Å². The quantitative estimate of drug-likeness (QED) is 0.892. The van der Waals surface area contributed by atoms with Crippen LogP contribution in [0.2, 0.25) is 10.0 Å². The number of halogens is 2. The summed E-state index contributed by atoms with van der Waals surface area (Å²) in [5.74, 6) is -0.966. The van der Waals surface area contributed by atoms with Crippen molar-refractivity contribution in [2.24, 2.45) is 5.92 Å². The van der Waals surface area contributed by atoms with E-state index >= 15 is 0 Å². The van der Waals surface area contributed by atoms with E-state index in [4.69, 9.17) is 28.3 Å². The molecule has 116 valence electrons. The topological polar surface area (TPSA) is 71.4 Å². The molecule has 1 N–H and O–H groups in total. The van der Waals surface area contributed by atoms with Gasteiger partial charge in [0.05, 0.1) is 20.7 Å². The highest BCUT2D eigenvalue weighted by atomic mass is 35.5. The van der Waals surface area contributed by atoms with E-state index in [1.807, 2.05) is 6.92 Å². The lowest BCUT2D eigenvalue weighted by Crippen LogP contribution is -2.28. The highest BCUT2D eigenvalue weighted by molar-refractivity contribution is 7.92. The minimum Gasteiger partial charge on any atom is -0.478 e. The van der Waals surface area contributed by atoms with Gasteiger partial charge in [-0.2, -0.15) is 0 Å². The van der Waals surface area contributed by atoms with Crippen molar-refractivity contribution in [3.63, 3.8) is 0 Å². The summed E-state index contributed by atoms with van der Waals surface area (Å²) < 4.78 is 25.5. The van der Waals surface area contributed by atoms with Crippen LogP contribution >= 0.6 is 23.2 Å². The van der Waals surface area contributed by atoms with E-state index in [0.29, 0.717) is 18.8 Å². The number of sulfone groups is 1. The summed E-state index contributed by atoms with van der Waals surface area (Å²) in [4.78, 5) is 11.0. The number of hydrogen-bond donors (Lipinski definition) is 1. The van der Waals surface area contributed by atoms with Gasteiger partial charge in [0.2, 0.25) is 0 Å². The van der Waals surface area contributed by atoms with Crippen LogP contribution in [0.4, 0.5) is 0 Å². The minimum atomic E-state index is -3.68. The van der Waals surface area contributed by atoms with Gasteiger partial charge >= 0.3 is 5.97 Å². The Kier molecular flexibility index (Phi) is 4.85. The smallest absolute Gasteiger partial charge is 0.337 e. The van der Waals surface area contributed by atoms with E-state index in [1.54, 1.807) is 0 Å². The highest BCUT2D eigenvalue weighted by Gasteiger charge is 2.34. The number of carboxylic acid groups (broad SMARTS) is 1. The van der Waals surface area contributed by atoms with Crippen molar-refractivity contribution in [3.8, 4) is 0 Å². The first-order valence-electron chi connectivity index (χ1n) is 6.69. The normalized spacial score (nSPS) is 23.0. The van der Waals surface area contributed by atoms with Crippen LogP contribution in [0, 0.1) is 5.92 Å². The Bertz CT molecular complexity index is 670. The Morgan fingerprint density at radius 2 is 1.95 bits per heavy atom. The maximum absolute atomic E-state index is 12.7. The molecule has 21 heavy (non-hydrogen) atoms. The Morgan fingerprint density at radius 3 is 2.52 bits per heavy atom. The lowest BCUT2D eigenvalue weighted by molar-refractivity contribution is 0.0697. The standard InChI is InChI=1S/C14H16Cl2O4S/c1-8-3-2-4-10(5-8)21(19,20)12-7-9(15)6-11(13(12)16)14(17)18/h6-8,10H,2-5H2,1H3,(H,17,18). The Hall–Kier alpha value is -0.780. The summed E-state index contributed by atoms with van der Waals surface area (Å²) in [6.45, 7) is 2.02. The van der Waals surface area contributed by atoms with Gasteiger partial charge in [0.25, 0.3) is 0 Å². The molecule has 0 amide bonds. The van der Waals surface area contributed by atoms with Gasteiger partial charge in [0, 0.05) is 5.02 Å². The van der Waals surface area contributed by atoms with Crippen molar-refractivity contribution in [2.75, 3.05) is 0 Å². The molecule has 1 aromatic carbocycles. The Balaban J connectivity index is 2.52. The monoisotopic (exact) mass is 350 g/mol. The van der Waals surface area contributed by atoms with E-state index in [0.717, 1.165) is 18.9 Å². The second kappa shape index (κ2) is 6.15. The van der Waals surface area contributed by atoms with E-state index in [1.165, 1.54) is 6.07 Å². The molecule has 2 unspecified atom stereocenters. The zero-order chi connectivity index (χ0) is 15.8. The molecule has 4 nitrogen and oxygen atoms in total. The third kappa shape index (κ3) is 3.35. The maximum atomic E-state index is 12.7. The fourth-order valence-electron chi connectivity index (χ4n) is 2.77. The van der Waals surface area contributed by atoms with Crippen LogP contribution in [0.3, 0.4) is 0 Å². The van der Waals surface area contributed by atoms with Crippen molar-refractivity contribution in [2.45, 2.75) is 42.8 Å². The van der Waals surface area contributed by atoms with Crippen LogP contribution in [-0.4, -0.2) is 24.7 Å². The Labute approximate surface area is 134 Å². The van der Waals surface area contributed by atoms with Crippen molar-refractivity contribution in [3.05, 3.63) is 27.7 Å². The predicted molar refractivity (Wildman–Crippen MR) is 82.0 cm³/mol. The molecule has 7 heteroatoms. The summed E-state index contributed by atoms with van der Waals surface area (Å²) >= 11 is 11.9. The van der Waals surface area contributed by atoms with Gasteiger partial charge in [-0.1, -0.05) is 43.0 Å². The van der Waals surface area contributed by atoms with E-state index < -0.39 is 21.1 Å². The average molecular weight is 351 g/mol. The first-order valence-corrected chi connectivity index (χ1v) is 9.00. The zero-order valence-electron chi connectivity index (χ0n) is 11.5. The first-order chi connectivity index (χ1) is 9.73. The molecule has 1 aromatic rings. The van der Waals surface area contributed by atoms with Crippen LogP contribution in [0.15, 0.2) is 17.0 Å². The predicted octanol–water partition coefficient (Wildman–Crippen LogP) is 4.04. The van der Waals surface area contributed by atoms with Crippen LogP contribution in [-0.2, 0) is 9.84 Å². The third-order valence-corrected chi connectivity index (χ3v) is 6.85. The van der Waals surface area contributed by atoms with Crippen LogP contribution in [0.1, 0.15) is 43.0 Å². The molecular weight excluding hydrogens is 335 g/mol. The molecule has 0 aromatic heterocycles.